The van der Waals surface area contributed by atoms with Crippen LogP contribution in [0.2, 0.25) is 10.0 Å². The molecule has 2 rings (SSSR count). The van der Waals surface area contributed by atoms with Crippen molar-refractivity contribution in [3.63, 3.8) is 0 Å². The van der Waals surface area contributed by atoms with Crippen molar-refractivity contribution < 1.29 is 4.79 Å². The number of anilines is 1. The van der Waals surface area contributed by atoms with Crippen molar-refractivity contribution in [1.29, 1.82) is 0 Å². The standard InChI is InChI=1S/C18H20Cl2N2O/c1-18(2,13-5-8-15(19)16(20)10-13)11-22-17(23)9-12-3-6-14(21)7-4-12/h3-8,10H,9,11,21H2,1-2H3,(H,22,23). The maximum atomic E-state index is 12.1. The van der Waals surface area contributed by atoms with Gasteiger partial charge in [-0.25, -0.2) is 0 Å². The van der Waals surface area contributed by atoms with Crippen LogP contribution in [0.25, 0.3) is 0 Å². The van der Waals surface area contributed by atoms with Gasteiger partial charge in [0.15, 0.2) is 0 Å². The predicted molar refractivity (Wildman–Crippen MR) is 97.1 cm³/mol. The molecule has 0 aliphatic rings. The first-order chi connectivity index (χ1) is 10.8. The number of nitrogen functional groups attached to an aromatic ring is 1. The fraction of sp³-hybridized carbons (Fsp3) is 0.278. The number of carbonyl (C=O) groups is 1. The number of amides is 1. The summed E-state index contributed by atoms with van der Waals surface area (Å²) in [6, 6.07) is 12.9. The van der Waals surface area contributed by atoms with E-state index in [2.05, 4.69) is 19.2 Å². The molecule has 23 heavy (non-hydrogen) atoms. The fourth-order valence-corrected chi connectivity index (χ4v) is 2.52. The molecule has 0 unspecified atom stereocenters. The predicted octanol–water partition coefficient (Wildman–Crippen LogP) is 4.21. The molecule has 2 aromatic rings. The Labute approximate surface area is 146 Å². The topological polar surface area (TPSA) is 55.1 Å². The molecule has 5 heteroatoms. The van der Waals surface area contributed by atoms with Gasteiger partial charge in [-0.3, -0.25) is 4.79 Å². The highest BCUT2D eigenvalue weighted by Crippen LogP contribution is 2.29. The van der Waals surface area contributed by atoms with Gasteiger partial charge in [-0.05, 0) is 35.4 Å². The Kier molecular flexibility index (Phi) is 5.55. The van der Waals surface area contributed by atoms with Crippen LogP contribution in [0.5, 0.6) is 0 Å². The smallest absolute Gasteiger partial charge is 0.224 e. The summed E-state index contributed by atoms with van der Waals surface area (Å²) in [5, 5.41) is 4.02. The molecule has 0 saturated carbocycles. The van der Waals surface area contributed by atoms with Crippen LogP contribution in [0.4, 0.5) is 5.69 Å². The Balaban J connectivity index is 1.96. The largest absolute Gasteiger partial charge is 0.399 e. The highest BCUT2D eigenvalue weighted by molar-refractivity contribution is 6.42. The molecule has 2 aromatic carbocycles. The second kappa shape index (κ2) is 7.24. The zero-order valence-electron chi connectivity index (χ0n) is 13.2. The number of rotatable bonds is 5. The lowest BCUT2D eigenvalue weighted by molar-refractivity contribution is -0.120. The minimum absolute atomic E-state index is 0.0251. The third kappa shape index (κ3) is 4.88. The van der Waals surface area contributed by atoms with Crippen molar-refractivity contribution in [2.45, 2.75) is 25.7 Å². The van der Waals surface area contributed by atoms with Crippen LogP contribution >= 0.6 is 23.2 Å². The molecule has 0 spiro atoms. The van der Waals surface area contributed by atoms with Crippen molar-refractivity contribution in [3.05, 3.63) is 63.6 Å². The van der Waals surface area contributed by atoms with Crippen LogP contribution in [0, 0.1) is 0 Å². The Morgan fingerprint density at radius 2 is 1.74 bits per heavy atom. The molecule has 0 saturated heterocycles. The summed E-state index contributed by atoms with van der Waals surface area (Å²) in [6.07, 6.45) is 0.331. The average molecular weight is 351 g/mol. The van der Waals surface area contributed by atoms with Crippen LogP contribution in [0.3, 0.4) is 0 Å². The van der Waals surface area contributed by atoms with Crippen molar-refractivity contribution >= 4 is 34.8 Å². The van der Waals surface area contributed by atoms with E-state index in [9.17, 15) is 4.79 Å². The van der Waals surface area contributed by atoms with Gasteiger partial charge in [0, 0.05) is 17.6 Å². The molecule has 122 valence electrons. The maximum Gasteiger partial charge on any atom is 0.224 e. The van der Waals surface area contributed by atoms with Gasteiger partial charge < -0.3 is 11.1 Å². The minimum Gasteiger partial charge on any atom is -0.399 e. The first-order valence-electron chi connectivity index (χ1n) is 7.34. The minimum atomic E-state index is -0.245. The summed E-state index contributed by atoms with van der Waals surface area (Å²) in [4.78, 5) is 12.1. The Morgan fingerprint density at radius 1 is 1.09 bits per heavy atom. The maximum absolute atomic E-state index is 12.1. The van der Waals surface area contributed by atoms with Crippen LogP contribution in [-0.2, 0) is 16.6 Å². The highest BCUT2D eigenvalue weighted by atomic mass is 35.5. The van der Waals surface area contributed by atoms with E-state index in [4.69, 9.17) is 28.9 Å². The van der Waals surface area contributed by atoms with E-state index in [0.29, 0.717) is 28.7 Å². The third-order valence-electron chi connectivity index (χ3n) is 3.77. The van der Waals surface area contributed by atoms with Crippen LogP contribution in [-0.4, -0.2) is 12.5 Å². The van der Waals surface area contributed by atoms with Gasteiger partial charge in [0.2, 0.25) is 5.91 Å². The van der Waals surface area contributed by atoms with Crippen LogP contribution in [0.1, 0.15) is 25.0 Å². The lowest BCUT2D eigenvalue weighted by atomic mass is 9.84. The first-order valence-corrected chi connectivity index (χ1v) is 8.10. The van der Waals surface area contributed by atoms with Crippen LogP contribution in [0.15, 0.2) is 42.5 Å². The number of nitrogens with one attached hydrogen (secondary N) is 1. The Hall–Kier alpha value is -1.71. The van der Waals surface area contributed by atoms with Gasteiger partial charge in [-0.2, -0.15) is 0 Å². The summed E-state index contributed by atoms with van der Waals surface area (Å²) in [5.74, 6) is -0.0251. The van der Waals surface area contributed by atoms with E-state index >= 15 is 0 Å². The summed E-state index contributed by atoms with van der Waals surface area (Å²) in [7, 11) is 0. The summed E-state index contributed by atoms with van der Waals surface area (Å²) in [6.45, 7) is 4.62. The highest BCUT2D eigenvalue weighted by Gasteiger charge is 2.22. The lowest BCUT2D eigenvalue weighted by Crippen LogP contribution is -2.37. The number of nitrogens with two attached hydrogens (primary N) is 1. The lowest BCUT2D eigenvalue weighted by Gasteiger charge is -2.26. The van der Waals surface area contributed by atoms with Gasteiger partial charge >= 0.3 is 0 Å². The first kappa shape index (κ1) is 17.6. The van der Waals surface area contributed by atoms with E-state index in [1.165, 1.54) is 0 Å². The van der Waals surface area contributed by atoms with E-state index in [1.807, 2.05) is 24.3 Å². The molecule has 0 aliphatic heterocycles. The van der Waals surface area contributed by atoms with Crippen LogP contribution < -0.4 is 11.1 Å². The molecule has 0 heterocycles. The van der Waals surface area contributed by atoms with Gasteiger partial charge in [-0.15, -0.1) is 0 Å². The summed E-state index contributed by atoms with van der Waals surface area (Å²) >= 11 is 12.0. The number of benzene rings is 2. The number of halogens is 2. The molecule has 0 atom stereocenters. The molecule has 1 amide bonds. The molecule has 3 nitrogen and oxygen atoms in total. The second-order valence-corrected chi connectivity index (χ2v) is 7.02. The average Bonchev–Trinajstić information content (AvgIpc) is 2.50. The van der Waals surface area contributed by atoms with Gasteiger partial charge in [0.1, 0.15) is 0 Å². The zero-order chi connectivity index (χ0) is 17.0. The van der Waals surface area contributed by atoms with Gasteiger partial charge in [0.05, 0.1) is 16.5 Å². The molecular weight excluding hydrogens is 331 g/mol. The van der Waals surface area contributed by atoms with Crippen molar-refractivity contribution in [3.8, 4) is 0 Å². The van der Waals surface area contributed by atoms with Crippen molar-refractivity contribution in [2.24, 2.45) is 0 Å². The molecule has 0 aromatic heterocycles. The number of carbonyl (C=O) groups excluding carboxylic acids is 1. The molecule has 0 radical (unpaired) electrons. The number of hydrogen-bond acceptors (Lipinski definition) is 2. The zero-order valence-corrected chi connectivity index (χ0v) is 14.7. The van der Waals surface area contributed by atoms with Crippen molar-refractivity contribution in [1.82, 2.24) is 5.32 Å². The van der Waals surface area contributed by atoms with E-state index in [0.717, 1.165) is 11.1 Å². The van der Waals surface area contributed by atoms with Gasteiger partial charge in [0.25, 0.3) is 0 Å². The van der Waals surface area contributed by atoms with E-state index in [1.54, 1.807) is 18.2 Å². The van der Waals surface area contributed by atoms with E-state index < -0.39 is 0 Å². The fourth-order valence-electron chi connectivity index (χ4n) is 2.22. The molecule has 0 aliphatic carbocycles. The quantitative estimate of drug-likeness (QED) is 0.793. The monoisotopic (exact) mass is 350 g/mol. The van der Waals surface area contributed by atoms with Gasteiger partial charge in [-0.1, -0.05) is 55.2 Å². The Morgan fingerprint density at radius 3 is 2.35 bits per heavy atom. The Bertz CT molecular complexity index is 697. The third-order valence-corrected chi connectivity index (χ3v) is 4.51. The van der Waals surface area contributed by atoms with Crippen molar-refractivity contribution in [2.75, 3.05) is 12.3 Å². The molecule has 3 N–H and O–H groups in total. The summed E-state index contributed by atoms with van der Waals surface area (Å²) < 4.78 is 0. The SMILES string of the molecule is CC(C)(CNC(=O)Cc1ccc(N)cc1)c1ccc(Cl)c(Cl)c1. The summed E-state index contributed by atoms with van der Waals surface area (Å²) in [5.41, 5.74) is 8.05. The number of hydrogen-bond donors (Lipinski definition) is 2. The second-order valence-electron chi connectivity index (χ2n) is 6.21. The normalized spacial score (nSPS) is 11.3. The molecule has 0 fully saturated rings. The molecular formula is C18H20Cl2N2O. The van der Waals surface area contributed by atoms with E-state index in [-0.39, 0.29) is 11.3 Å². The molecule has 0 bridgehead atoms.